The first-order valence-electron chi connectivity index (χ1n) is 9.14. The van der Waals surface area contributed by atoms with E-state index in [2.05, 4.69) is 44.8 Å². The fraction of sp³-hybridized carbons (Fsp3) is 0.632. The highest BCUT2D eigenvalue weighted by Crippen LogP contribution is 2.17. The van der Waals surface area contributed by atoms with Crippen molar-refractivity contribution in [1.82, 2.24) is 15.5 Å². The van der Waals surface area contributed by atoms with Gasteiger partial charge in [0.15, 0.2) is 5.96 Å². The van der Waals surface area contributed by atoms with Gasteiger partial charge in [-0.3, -0.25) is 9.89 Å². The van der Waals surface area contributed by atoms with E-state index in [1.165, 1.54) is 11.1 Å². The zero-order valence-corrected chi connectivity index (χ0v) is 18.3. The van der Waals surface area contributed by atoms with Crippen molar-refractivity contribution in [3.63, 3.8) is 0 Å². The van der Waals surface area contributed by atoms with Crippen molar-refractivity contribution in [1.29, 1.82) is 0 Å². The summed E-state index contributed by atoms with van der Waals surface area (Å²) in [6.07, 6.45) is 2.10. The molecule has 0 spiro atoms. The van der Waals surface area contributed by atoms with E-state index in [0.29, 0.717) is 13.2 Å². The summed E-state index contributed by atoms with van der Waals surface area (Å²) in [5.74, 6) is 0.856. The number of nitrogens with one attached hydrogen (secondary N) is 2. The first-order valence-corrected chi connectivity index (χ1v) is 9.14. The minimum Gasteiger partial charge on any atom is -0.382 e. The number of methoxy groups -OCH3 is 1. The lowest BCUT2D eigenvalue weighted by molar-refractivity contribution is 0.0698. The second-order valence-corrected chi connectivity index (χ2v) is 6.18. The predicted octanol–water partition coefficient (Wildman–Crippen LogP) is 1.88. The van der Waals surface area contributed by atoms with E-state index in [1.54, 1.807) is 7.11 Å². The number of guanidine groups is 1. The number of rotatable bonds is 10. The van der Waals surface area contributed by atoms with E-state index in [0.717, 1.165) is 58.1 Å². The molecule has 0 saturated carbocycles. The first-order chi connectivity index (χ1) is 12.3. The molecule has 0 bridgehead atoms. The van der Waals surface area contributed by atoms with Gasteiger partial charge in [0, 0.05) is 53.5 Å². The van der Waals surface area contributed by atoms with Gasteiger partial charge in [0.05, 0.1) is 13.2 Å². The Morgan fingerprint density at radius 1 is 1.12 bits per heavy atom. The molecule has 0 radical (unpaired) electrons. The van der Waals surface area contributed by atoms with Crippen LogP contribution in [0, 0.1) is 0 Å². The summed E-state index contributed by atoms with van der Waals surface area (Å²) in [6, 6.07) is 8.75. The van der Waals surface area contributed by atoms with Gasteiger partial charge < -0.3 is 20.1 Å². The maximum Gasteiger partial charge on any atom is 0.191 e. The molecule has 0 fully saturated rings. The van der Waals surface area contributed by atoms with Crippen LogP contribution in [0.25, 0.3) is 0 Å². The molecule has 0 aromatic heterocycles. The molecule has 1 aromatic rings. The molecule has 26 heavy (non-hydrogen) atoms. The van der Waals surface area contributed by atoms with Gasteiger partial charge in [-0.25, -0.2) is 0 Å². The molecule has 1 aliphatic rings. The van der Waals surface area contributed by atoms with Crippen molar-refractivity contribution in [3.8, 4) is 0 Å². The maximum absolute atomic E-state index is 5.45. The number of ether oxygens (including phenoxy) is 2. The molecule has 148 valence electrons. The monoisotopic (exact) mass is 476 g/mol. The quantitative estimate of drug-likeness (QED) is 0.234. The van der Waals surface area contributed by atoms with E-state index in [4.69, 9.17) is 9.47 Å². The molecule has 0 aliphatic carbocycles. The number of hydrogen-bond donors (Lipinski definition) is 2. The van der Waals surface area contributed by atoms with Crippen LogP contribution in [0.15, 0.2) is 29.3 Å². The van der Waals surface area contributed by atoms with Crippen LogP contribution in [-0.4, -0.2) is 71.0 Å². The summed E-state index contributed by atoms with van der Waals surface area (Å²) < 4.78 is 10.4. The summed E-state index contributed by atoms with van der Waals surface area (Å²) in [5.41, 5.74) is 2.96. The summed E-state index contributed by atoms with van der Waals surface area (Å²) in [6.45, 7) is 6.98. The third kappa shape index (κ3) is 8.66. The largest absolute Gasteiger partial charge is 0.382 e. The van der Waals surface area contributed by atoms with Crippen LogP contribution < -0.4 is 10.6 Å². The Kier molecular flexibility index (Phi) is 12.6. The standard InChI is InChI=1S/C19H32N4O2.HI/c1-20-19(21-9-5-13-25-15-14-24-2)22-10-12-23-11-8-17-6-3-4-7-18(17)16-23;/h3-4,6-7H,5,8-16H2,1-2H3,(H2,20,21,22);1H. The van der Waals surface area contributed by atoms with E-state index in [1.807, 2.05) is 7.05 Å². The Balaban J connectivity index is 0.00000338. The van der Waals surface area contributed by atoms with Crippen LogP contribution >= 0.6 is 24.0 Å². The van der Waals surface area contributed by atoms with Crippen LogP contribution in [0.5, 0.6) is 0 Å². The third-order valence-corrected chi connectivity index (χ3v) is 4.34. The van der Waals surface area contributed by atoms with E-state index >= 15 is 0 Å². The first kappa shape index (κ1) is 23.1. The normalized spacial score (nSPS) is 14.5. The summed E-state index contributed by atoms with van der Waals surface area (Å²) in [7, 11) is 3.49. The van der Waals surface area contributed by atoms with Crippen molar-refractivity contribution >= 4 is 29.9 Å². The molecule has 0 amide bonds. The molecule has 0 saturated heterocycles. The number of fused-ring (bicyclic) bond motifs is 1. The molecule has 1 aliphatic heterocycles. The number of hydrogen-bond acceptors (Lipinski definition) is 4. The Labute approximate surface area is 174 Å². The van der Waals surface area contributed by atoms with Gasteiger partial charge >= 0.3 is 0 Å². The average Bonchev–Trinajstić information content (AvgIpc) is 2.65. The van der Waals surface area contributed by atoms with Crippen LogP contribution in [0.2, 0.25) is 0 Å². The lowest BCUT2D eigenvalue weighted by Gasteiger charge is -2.28. The highest BCUT2D eigenvalue weighted by Gasteiger charge is 2.14. The van der Waals surface area contributed by atoms with E-state index in [-0.39, 0.29) is 24.0 Å². The Bertz CT molecular complexity index is 528. The van der Waals surface area contributed by atoms with Gasteiger partial charge in [0.2, 0.25) is 0 Å². The fourth-order valence-corrected chi connectivity index (χ4v) is 2.92. The third-order valence-electron chi connectivity index (χ3n) is 4.34. The minimum atomic E-state index is 0. The second-order valence-electron chi connectivity index (χ2n) is 6.18. The van der Waals surface area contributed by atoms with Crippen molar-refractivity contribution in [2.75, 3.05) is 60.2 Å². The second kappa shape index (κ2) is 14.2. The van der Waals surface area contributed by atoms with Crippen molar-refractivity contribution in [2.45, 2.75) is 19.4 Å². The molecular weight excluding hydrogens is 443 g/mol. The summed E-state index contributed by atoms with van der Waals surface area (Å²) in [4.78, 5) is 6.76. The topological polar surface area (TPSA) is 58.1 Å². The molecule has 0 unspecified atom stereocenters. The van der Waals surface area contributed by atoms with Crippen LogP contribution in [0.1, 0.15) is 17.5 Å². The predicted molar refractivity (Wildman–Crippen MR) is 118 cm³/mol. The number of aliphatic imine (C=N–C) groups is 1. The molecular formula is C19H33IN4O2. The lowest BCUT2D eigenvalue weighted by atomic mass is 10.00. The van der Waals surface area contributed by atoms with Crippen molar-refractivity contribution < 1.29 is 9.47 Å². The van der Waals surface area contributed by atoms with Crippen LogP contribution in [0.4, 0.5) is 0 Å². The number of nitrogens with zero attached hydrogens (tertiary/aromatic N) is 2. The van der Waals surface area contributed by atoms with Gasteiger partial charge in [-0.1, -0.05) is 24.3 Å². The molecule has 0 atom stereocenters. The van der Waals surface area contributed by atoms with E-state index in [9.17, 15) is 0 Å². The zero-order valence-electron chi connectivity index (χ0n) is 16.0. The molecule has 2 N–H and O–H groups in total. The Hall–Kier alpha value is -0.900. The van der Waals surface area contributed by atoms with Gasteiger partial charge in [0.1, 0.15) is 0 Å². The van der Waals surface area contributed by atoms with Crippen molar-refractivity contribution in [3.05, 3.63) is 35.4 Å². The Morgan fingerprint density at radius 2 is 1.88 bits per heavy atom. The Morgan fingerprint density at radius 3 is 2.65 bits per heavy atom. The summed E-state index contributed by atoms with van der Waals surface area (Å²) in [5, 5.41) is 6.71. The highest BCUT2D eigenvalue weighted by molar-refractivity contribution is 14.0. The van der Waals surface area contributed by atoms with Crippen LogP contribution in [0.3, 0.4) is 0 Å². The lowest BCUT2D eigenvalue weighted by Crippen LogP contribution is -2.43. The molecule has 1 heterocycles. The van der Waals surface area contributed by atoms with Gasteiger partial charge in [-0.2, -0.15) is 0 Å². The fourth-order valence-electron chi connectivity index (χ4n) is 2.92. The number of benzene rings is 1. The average molecular weight is 476 g/mol. The highest BCUT2D eigenvalue weighted by atomic mass is 127. The molecule has 2 rings (SSSR count). The van der Waals surface area contributed by atoms with Crippen LogP contribution in [-0.2, 0) is 22.4 Å². The maximum atomic E-state index is 5.45. The van der Waals surface area contributed by atoms with Gasteiger partial charge in [-0.15, -0.1) is 24.0 Å². The SMILES string of the molecule is CN=C(NCCCOCCOC)NCCN1CCc2ccccc2C1.I. The van der Waals surface area contributed by atoms with Gasteiger partial charge in [0.25, 0.3) is 0 Å². The minimum absolute atomic E-state index is 0. The molecule has 1 aromatic carbocycles. The summed E-state index contributed by atoms with van der Waals surface area (Å²) >= 11 is 0. The smallest absolute Gasteiger partial charge is 0.191 e. The molecule has 7 heteroatoms. The van der Waals surface area contributed by atoms with Crippen molar-refractivity contribution in [2.24, 2.45) is 4.99 Å². The zero-order chi connectivity index (χ0) is 17.7. The number of halogens is 1. The molecule has 6 nitrogen and oxygen atoms in total. The van der Waals surface area contributed by atoms with Gasteiger partial charge in [-0.05, 0) is 24.0 Å². The van der Waals surface area contributed by atoms with E-state index < -0.39 is 0 Å².